The summed E-state index contributed by atoms with van der Waals surface area (Å²) in [5.74, 6) is -0.736. The largest absolute Gasteiger partial charge is 0.573 e. The first kappa shape index (κ1) is 17.4. The number of ketones is 1. The average Bonchev–Trinajstić information content (AvgIpc) is 3.02. The normalized spacial score (nSPS) is 11.3. The molecule has 0 aliphatic rings. The van der Waals surface area contributed by atoms with Crippen LogP contribution in [0.4, 0.5) is 19.0 Å². The molecule has 0 aliphatic carbocycles. The van der Waals surface area contributed by atoms with E-state index in [0.29, 0.717) is 5.56 Å². The highest BCUT2D eigenvalue weighted by molar-refractivity contribution is 6.10. The number of aromatic nitrogens is 4. The molecule has 2 aromatic heterocycles. The van der Waals surface area contributed by atoms with Crippen molar-refractivity contribution in [1.82, 2.24) is 19.7 Å². The van der Waals surface area contributed by atoms with E-state index in [-0.39, 0.29) is 29.4 Å². The van der Waals surface area contributed by atoms with Crippen molar-refractivity contribution >= 4 is 11.6 Å². The lowest BCUT2D eigenvalue weighted by molar-refractivity contribution is -0.274. The van der Waals surface area contributed by atoms with Crippen molar-refractivity contribution in [2.45, 2.75) is 12.9 Å². The number of halogens is 3. The molecule has 0 radical (unpaired) electrons. The van der Waals surface area contributed by atoms with Crippen molar-refractivity contribution < 1.29 is 22.7 Å². The summed E-state index contributed by atoms with van der Waals surface area (Å²) in [7, 11) is 0. The minimum Gasteiger partial charge on any atom is -0.406 e. The summed E-state index contributed by atoms with van der Waals surface area (Å²) in [6.07, 6.45) is -0.714. The number of alkyl halides is 3. The first-order valence-corrected chi connectivity index (χ1v) is 7.30. The van der Waals surface area contributed by atoms with Crippen LogP contribution < -0.4 is 10.5 Å². The highest BCUT2D eigenvalue weighted by Gasteiger charge is 2.31. The van der Waals surface area contributed by atoms with Crippen LogP contribution in [-0.4, -0.2) is 31.9 Å². The maximum absolute atomic E-state index is 12.4. The Labute approximate surface area is 145 Å². The van der Waals surface area contributed by atoms with Gasteiger partial charge in [-0.05, 0) is 23.8 Å². The third-order valence-electron chi connectivity index (χ3n) is 3.34. The molecule has 0 spiro atoms. The standard InChI is InChI=1S/C16H12F3N5O2/c17-16(18,19)26-11-3-1-2-10(6-11)8-24-5-4-13(23-24)14(25)12-7-21-9-22-15(12)20/h1-7,9H,8H2,(H2,20,21,22). The number of hydrogen-bond donors (Lipinski definition) is 1. The summed E-state index contributed by atoms with van der Waals surface area (Å²) in [5.41, 5.74) is 6.41. The van der Waals surface area contributed by atoms with Gasteiger partial charge in [0.05, 0.1) is 12.1 Å². The number of rotatable bonds is 5. The molecule has 2 N–H and O–H groups in total. The number of anilines is 1. The second-order valence-electron chi connectivity index (χ2n) is 5.24. The van der Waals surface area contributed by atoms with Crippen LogP contribution >= 0.6 is 0 Å². The minimum atomic E-state index is -4.76. The number of carbonyl (C=O) groups excluding carboxylic acids is 1. The van der Waals surface area contributed by atoms with Gasteiger partial charge >= 0.3 is 6.36 Å². The summed E-state index contributed by atoms with van der Waals surface area (Å²) in [5, 5.41) is 4.12. The molecular weight excluding hydrogens is 351 g/mol. The molecule has 3 rings (SSSR count). The van der Waals surface area contributed by atoms with Crippen molar-refractivity contribution in [1.29, 1.82) is 0 Å². The molecule has 134 valence electrons. The fourth-order valence-electron chi connectivity index (χ4n) is 2.25. The Bertz CT molecular complexity index is 939. The average molecular weight is 363 g/mol. The van der Waals surface area contributed by atoms with Gasteiger partial charge < -0.3 is 10.5 Å². The Morgan fingerprint density at radius 3 is 2.81 bits per heavy atom. The number of benzene rings is 1. The van der Waals surface area contributed by atoms with E-state index in [1.54, 1.807) is 6.07 Å². The fourth-order valence-corrected chi connectivity index (χ4v) is 2.25. The SMILES string of the molecule is Nc1ncncc1C(=O)c1ccn(Cc2cccc(OC(F)(F)F)c2)n1. The van der Waals surface area contributed by atoms with Crippen molar-refractivity contribution in [3.63, 3.8) is 0 Å². The smallest absolute Gasteiger partial charge is 0.406 e. The third-order valence-corrected chi connectivity index (χ3v) is 3.34. The number of hydrogen-bond acceptors (Lipinski definition) is 6. The molecule has 26 heavy (non-hydrogen) atoms. The quantitative estimate of drug-likeness (QED) is 0.700. The maximum Gasteiger partial charge on any atom is 0.573 e. The van der Waals surface area contributed by atoms with E-state index in [9.17, 15) is 18.0 Å². The van der Waals surface area contributed by atoms with Crippen LogP contribution in [0.15, 0.2) is 49.1 Å². The zero-order valence-corrected chi connectivity index (χ0v) is 13.1. The molecule has 0 atom stereocenters. The zero-order valence-electron chi connectivity index (χ0n) is 13.1. The molecule has 0 unspecified atom stereocenters. The summed E-state index contributed by atoms with van der Waals surface area (Å²) in [6, 6.07) is 6.99. The van der Waals surface area contributed by atoms with Gasteiger partial charge in [0.25, 0.3) is 0 Å². The molecule has 0 fully saturated rings. The van der Waals surface area contributed by atoms with Crippen molar-refractivity contribution in [3.05, 3.63) is 65.9 Å². The molecule has 0 aliphatic heterocycles. The van der Waals surface area contributed by atoms with E-state index in [4.69, 9.17) is 5.73 Å². The number of carbonyl (C=O) groups is 1. The lowest BCUT2D eigenvalue weighted by atomic mass is 10.1. The maximum atomic E-state index is 12.4. The topological polar surface area (TPSA) is 95.9 Å². The second kappa shape index (κ2) is 6.82. The fraction of sp³-hybridized carbons (Fsp3) is 0.125. The minimum absolute atomic E-state index is 0.0385. The summed E-state index contributed by atoms with van der Waals surface area (Å²) >= 11 is 0. The lowest BCUT2D eigenvalue weighted by Gasteiger charge is -2.10. The molecule has 0 bridgehead atoms. The van der Waals surface area contributed by atoms with Crippen LogP contribution in [0.5, 0.6) is 5.75 Å². The molecule has 0 saturated heterocycles. The van der Waals surface area contributed by atoms with E-state index in [1.165, 1.54) is 47.7 Å². The van der Waals surface area contributed by atoms with E-state index < -0.39 is 12.1 Å². The van der Waals surface area contributed by atoms with Crippen molar-refractivity contribution in [3.8, 4) is 5.75 Å². The second-order valence-corrected chi connectivity index (χ2v) is 5.24. The lowest BCUT2D eigenvalue weighted by Crippen LogP contribution is -2.17. The van der Waals surface area contributed by atoms with E-state index in [2.05, 4.69) is 19.8 Å². The molecular formula is C16H12F3N5O2. The Balaban J connectivity index is 1.76. The molecule has 0 saturated carbocycles. The zero-order chi connectivity index (χ0) is 18.7. The number of ether oxygens (including phenoxy) is 1. The Kier molecular flexibility index (Phi) is 4.57. The Morgan fingerprint density at radius 2 is 2.08 bits per heavy atom. The van der Waals surface area contributed by atoms with Crippen LogP contribution in [0.25, 0.3) is 0 Å². The van der Waals surface area contributed by atoms with Crippen LogP contribution in [-0.2, 0) is 6.54 Å². The molecule has 0 amide bonds. The first-order valence-electron chi connectivity index (χ1n) is 7.30. The highest BCUT2D eigenvalue weighted by Crippen LogP contribution is 2.23. The van der Waals surface area contributed by atoms with Gasteiger partial charge in [-0.25, -0.2) is 9.97 Å². The van der Waals surface area contributed by atoms with Gasteiger partial charge in [-0.2, -0.15) is 5.10 Å². The van der Waals surface area contributed by atoms with E-state index >= 15 is 0 Å². The number of nitrogen functional groups attached to an aromatic ring is 1. The van der Waals surface area contributed by atoms with Gasteiger partial charge in [0.1, 0.15) is 23.6 Å². The van der Waals surface area contributed by atoms with Crippen LogP contribution in [0.2, 0.25) is 0 Å². The predicted molar refractivity (Wildman–Crippen MR) is 84.3 cm³/mol. The van der Waals surface area contributed by atoms with Crippen LogP contribution in [0.3, 0.4) is 0 Å². The monoisotopic (exact) mass is 363 g/mol. The van der Waals surface area contributed by atoms with Gasteiger partial charge in [0, 0.05) is 12.4 Å². The van der Waals surface area contributed by atoms with Gasteiger partial charge in [0.15, 0.2) is 0 Å². The number of nitrogens with two attached hydrogens (primary N) is 1. The molecule has 3 aromatic rings. The van der Waals surface area contributed by atoms with Crippen molar-refractivity contribution in [2.75, 3.05) is 5.73 Å². The van der Waals surface area contributed by atoms with Crippen LogP contribution in [0, 0.1) is 0 Å². The highest BCUT2D eigenvalue weighted by atomic mass is 19.4. The number of nitrogens with zero attached hydrogens (tertiary/aromatic N) is 4. The summed E-state index contributed by atoms with van der Waals surface area (Å²) < 4.78 is 42.2. The van der Waals surface area contributed by atoms with Gasteiger partial charge in [-0.1, -0.05) is 12.1 Å². The van der Waals surface area contributed by atoms with Gasteiger partial charge in [0.2, 0.25) is 5.78 Å². The third kappa shape index (κ3) is 4.15. The molecule has 1 aromatic carbocycles. The summed E-state index contributed by atoms with van der Waals surface area (Å²) in [6.45, 7) is 0.156. The Hall–Kier alpha value is -3.43. The van der Waals surface area contributed by atoms with Crippen LogP contribution in [0.1, 0.15) is 21.6 Å². The van der Waals surface area contributed by atoms with E-state index in [0.717, 1.165) is 0 Å². The molecule has 2 heterocycles. The van der Waals surface area contributed by atoms with Crippen molar-refractivity contribution in [2.24, 2.45) is 0 Å². The summed E-state index contributed by atoms with van der Waals surface area (Å²) in [4.78, 5) is 19.9. The van der Waals surface area contributed by atoms with E-state index in [1.807, 2.05) is 0 Å². The van der Waals surface area contributed by atoms with Gasteiger partial charge in [-0.15, -0.1) is 13.2 Å². The first-order chi connectivity index (χ1) is 12.3. The molecule has 7 nitrogen and oxygen atoms in total. The predicted octanol–water partition coefficient (Wildman–Crippen LogP) is 2.43. The molecule has 10 heteroatoms. The Morgan fingerprint density at radius 1 is 1.27 bits per heavy atom. The van der Waals surface area contributed by atoms with Gasteiger partial charge in [-0.3, -0.25) is 9.48 Å².